The number of methoxy groups -OCH3 is 1. The van der Waals surface area contributed by atoms with Crippen molar-refractivity contribution in [3.63, 3.8) is 0 Å². The third-order valence-corrected chi connectivity index (χ3v) is 4.09. The van der Waals surface area contributed by atoms with Gasteiger partial charge in [-0.25, -0.2) is 0 Å². The third-order valence-electron chi connectivity index (χ3n) is 3.48. The van der Waals surface area contributed by atoms with Crippen LogP contribution < -0.4 is 5.73 Å². The highest BCUT2D eigenvalue weighted by Crippen LogP contribution is 2.31. The van der Waals surface area contributed by atoms with Crippen LogP contribution in [0.15, 0.2) is 10.7 Å². The van der Waals surface area contributed by atoms with Crippen molar-refractivity contribution in [1.82, 2.24) is 9.78 Å². The summed E-state index contributed by atoms with van der Waals surface area (Å²) in [7, 11) is 1.70. The Hall–Kier alpha value is -0.390. The molecule has 1 unspecified atom stereocenters. The Bertz CT molecular complexity index is 362. The first-order valence-electron chi connectivity index (χ1n) is 7.11. The van der Waals surface area contributed by atoms with Gasteiger partial charge in [0.05, 0.1) is 35.6 Å². The number of hydrogen-bond donors (Lipinski definition) is 1. The van der Waals surface area contributed by atoms with Crippen LogP contribution in [0.5, 0.6) is 0 Å². The maximum atomic E-state index is 6.50. The highest BCUT2D eigenvalue weighted by molar-refractivity contribution is 9.10. The van der Waals surface area contributed by atoms with E-state index in [1.165, 1.54) is 12.8 Å². The summed E-state index contributed by atoms with van der Waals surface area (Å²) in [6.45, 7) is 5.83. The van der Waals surface area contributed by atoms with Crippen LogP contribution in [-0.2, 0) is 11.3 Å². The summed E-state index contributed by atoms with van der Waals surface area (Å²) in [5.74, 6) is 0.518. The lowest BCUT2D eigenvalue weighted by Gasteiger charge is -2.24. The molecule has 19 heavy (non-hydrogen) atoms. The van der Waals surface area contributed by atoms with E-state index < -0.39 is 0 Å². The van der Waals surface area contributed by atoms with Crippen molar-refractivity contribution in [1.29, 1.82) is 0 Å². The zero-order chi connectivity index (χ0) is 14.3. The van der Waals surface area contributed by atoms with Gasteiger partial charge in [0, 0.05) is 7.11 Å². The van der Waals surface area contributed by atoms with E-state index in [0.29, 0.717) is 12.5 Å². The highest BCUT2D eigenvalue weighted by Gasteiger charge is 2.24. The molecular formula is C14H26BrN3O. The Labute approximate surface area is 124 Å². The summed E-state index contributed by atoms with van der Waals surface area (Å²) in [6.07, 6.45) is 6.50. The zero-order valence-corrected chi connectivity index (χ0v) is 13.8. The van der Waals surface area contributed by atoms with Gasteiger partial charge >= 0.3 is 0 Å². The Kier molecular flexibility index (Phi) is 7.64. The molecule has 0 saturated carbocycles. The number of hydrogen-bond acceptors (Lipinski definition) is 3. The molecule has 1 aromatic rings. The predicted molar refractivity (Wildman–Crippen MR) is 82.0 cm³/mol. The number of halogens is 1. The lowest BCUT2D eigenvalue weighted by molar-refractivity contribution is 0.181. The molecule has 1 rings (SSSR count). The van der Waals surface area contributed by atoms with Crippen LogP contribution >= 0.6 is 15.9 Å². The Morgan fingerprint density at radius 3 is 2.53 bits per heavy atom. The number of aromatic nitrogens is 2. The van der Waals surface area contributed by atoms with Crippen LogP contribution in [0, 0.1) is 5.92 Å². The van der Waals surface area contributed by atoms with Gasteiger partial charge in [0.15, 0.2) is 0 Å². The van der Waals surface area contributed by atoms with Gasteiger partial charge in [0.2, 0.25) is 0 Å². The summed E-state index contributed by atoms with van der Waals surface area (Å²) in [5, 5.41) is 4.39. The standard InChI is InChI=1S/C14H26BrN3O/c1-4-6-11(7-5-2)13(16)14-12(15)10-17-18(14)8-9-19-3/h10-11,13H,4-9,16H2,1-3H3. The second-order valence-electron chi connectivity index (χ2n) is 4.96. The van der Waals surface area contributed by atoms with Crippen molar-refractivity contribution in [2.75, 3.05) is 13.7 Å². The molecule has 0 fully saturated rings. The first kappa shape index (κ1) is 16.7. The van der Waals surface area contributed by atoms with Crippen molar-refractivity contribution in [2.45, 2.75) is 52.1 Å². The topological polar surface area (TPSA) is 53.1 Å². The molecule has 0 spiro atoms. The van der Waals surface area contributed by atoms with E-state index in [9.17, 15) is 0 Å². The number of nitrogens with zero attached hydrogens (tertiary/aromatic N) is 2. The second-order valence-corrected chi connectivity index (χ2v) is 5.81. The van der Waals surface area contributed by atoms with Crippen molar-refractivity contribution in [2.24, 2.45) is 11.7 Å². The van der Waals surface area contributed by atoms with Crippen LogP contribution in [0.25, 0.3) is 0 Å². The molecule has 0 aromatic carbocycles. The highest BCUT2D eigenvalue weighted by atomic mass is 79.9. The zero-order valence-electron chi connectivity index (χ0n) is 12.2. The molecule has 5 heteroatoms. The average molecular weight is 332 g/mol. The van der Waals surface area contributed by atoms with Gasteiger partial charge in [-0.1, -0.05) is 26.7 Å². The van der Waals surface area contributed by atoms with Crippen molar-refractivity contribution < 1.29 is 4.74 Å². The van der Waals surface area contributed by atoms with Gasteiger partial charge in [-0.2, -0.15) is 5.10 Å². The number of rotatable bonds is 9. The van der Waals surface area contributed by atoms with Crippen LogP contribution in [-0.4, -0.2) is 23.5 Å². The fraction of sp³-hybridized carbons (Fsp3) is 0.786. The average Bonchev–Trinajstić information content (AvgIpc) is 2.76. The minimum absolute atomic E-state index is 0.0358. The second kappa shape index (κ2) is 8.72. The maximum absolute atomic E-state index is 6.50. The normalized spacial score (nSPS) is 13.2. The third kappa shape index (κ3) is 4.58. The van der Waals surface area contributed by atoms with Crippen LogP contribution in [0.2, 0.25) is 0 Å². The molecule has 4 nitrogen and oxygen atoms in total. The van der Waals surface area contributed by atoms with Crippen molar-refractivity contribution >= 4 is 15.9 Å². The number of ether oxygens (including phenoxy) is 1. The summed E-state index contributed by atoms with van der Waals surface area (Å²) < 4.78 is 8.10. The Morgan fingerprint density at radius 2 is 2.00 bits per heavy atom. The molecule has 2 N–H and O–H groups in total. The monoisotopic (exact) mass is 331 g/mol. The van der Waals surface area contributed by atoms with E-state index >= 15 is 0 Å². The van der Waals surface area contributed by atoms with Crippen molar-refractivity contribution in [3.8, 4) is 0 Å². The SMILES string of the molecule is CCCC(CCC)C(N)c1c(Br)cnn1CCOC. The van der Waals surface area contributed by atoms with E-state index in [1.54, 1.807) is 7.11 Å². The molecule has 110 valence electrons. The quantitative estimate of drug-likeness (QED) is 0.753. The van der Waals surface area contributed by atoms with E-state index in [0.717, 1.165) is 29.6 Å². The smallest absolute Gasteiger partial charge is 0.0697 e. The molecule has 0 aliphatic heterocycles. The van der Waals surface area contributed by atoms with Crippen LogP contribution in [0.3, 0.4) is 0 Å². The van der Waals surface area contributed by atoms with Crippen LogP contribution in [0.1, 0.15) is 51.3 Å². The lowest BCUT2D eigenvalue weighted by atomic mass is 9.89. The Balaban J connectivity index is 2.88. The summed E-state index contributed by atoms with van der Waals surface area (Å²) in [6, 6.07) is 0.0358. The van der Waals surface area contributed by atoms with Gasteiger partial charge in [-0.15, -0.1) is 0 Å². The van der Waals surface area contributed by atoms with Crippen molar-refractivity contribution in [3.05, 3.63) is 16.4 Å². The van der Waals surface area contributed by atoms with E-state index in [1.807, 2.05) is 10.9 Å². The largest absolute Gasteiger partial charge is 0.383 e. The molecule has 0 aliphatic carbocycles. The number of nitrogens with two attached hydrogens (primary N) is 1. The summed E-state index contributed by atoms with van der Waals surface area (Å²) in [5.41, 5.74) is 7.60. The molecule has 0 saturated heterocycles. The first-order valence-corrected chi connectivity index (χ1v) is 7.90. The van der Waals surface area contributed by atoms with E-state index in [-0.39, 0.29) is 6.04 Å². The maximum Gasteiger partial charge on any atom is 0.0697 e. The lowest BCUT2D eigenvalue weighted by Crippen LogP contribution is -2.25. The summed E-state index contributed by atoms with van der Waals surface area (Å²) in [4.78, 5) is 0. The van der Waals surface area contributed by atoms with Gasteiger partial charge in [-0.3, -0.25) is 4.68 Å². The first-order chi connectivity index (χ1) is 9.15. The minimum atomic E-state index is 0.0358. The van der Waals surface area contributed by atoms with E-state index in [2.05, 4.69) is 34.9 Å². The van der Waals surface area contributed by atoms with Gasteiger partial charge in [0.1, 0.15) is 0 Å². The molecule has 0 amide bonds. The molecule has 0 aliphatic rings. The minimum Gasteiger partial charge on any atom is -0.383 e. The van der Waals surface area contributed by atoms with E-state index in [4.69, 9.17) is 10.5 Å². The van der Waals surface area contributed by atoms with Crippen LogP contribution in [0.4, 0.5) is 0 Å². The molecule has 1 heterocycles. The fourth-order valence-electron chi connectivity index (χ4n) is 2.53. The van der Waals surface area contributed by atoms with Gasteiger partial charge in [0.25, 0.3) is 0 Å². The fourth-order valence-corrected chi connectivity index (χ4v) is 3.09. The van der Waals surface area contributed by atoms with Gasteiger partial charge < -0.3 is 10.5 Å². The molecule has 1 atom stereocenters. The Morgan fingerprint density at radius 1 is 1.37 bits per heavy atom. The molecular weight excluding hydrogens is 306 g/mol. The molecule has 0 radical (unpaired) electrons. The summed E-state index contributed by atoms with van der Waals surface area (Å²) >= 11 is 3.58. The van der Waals surface area contributed by atoms with Gasteiger partial charge in [-0.05, 0) is 34.7 Å². The molecule has 1 aromatic heterocycles. The molecule has 0 bridgehead atoms. The predicted octanol–water partition coefficient (Wildman–Crippen LogP) is 3.51.